The third-order valence-corrected chi connectivity index (χ3v) is 3.93. The Hall–Kier alpha value is -0.860. The molecule has 140 valence electrons. The van der Waals surface area contributed by atoms with Gasteiger partial charge in [-0.2, -0.15) is 26.3 Å². The number of rotatable bonds is 2. The molecule has 1 aromatic rings. The van der Waals surface area contributed by atoms with Crippen molar-refractivity contribution in [1.82, 2.24) is 0 Å². The van der Waals surface area contributed by atoms with Crippen LogP contribution in [0.2, 0.25) is 0 Å². The van der Waals surface area contributed by atoms with E-state index in [-0.39, 0.29) is 57.3 Å². The summed E-state index contributed by atoms with van der Waals surface area (Å²) in [5.41, 5.74) is 5.46. The molecule has 1 heterocycles. The number of halogens is 8. The summed E-state index contributed by atoms with van der Waals surface area (Å²) in [7, 11) is 0. The van der Waals surface area contributed by atoms with Gasteiger partial charge in [-0.25, -0.2) is 0 Å². The highest BCUT2D eigenvalue weighted by Gasteiger charge is 2.41. The molecule has 24 heavy (non-hydrogen) atoms. The predicted octanol–water partition coefficient (Wildman–Crippen LogP) is 4.79. The van der Waals surface area contributed by atoms with Crippen molar-refractivity contribution < 1.29 is 26.3 Å². The SMILES string of the molecule is Cl.Cl.NCc1cc(C(F)(F)F)ccc1N1CCC(C(F)(F)F)CC1. The van der Waals surface area contributed by atoms with E-state index in [9.17, 15) is 26.3 Å². The number of hydrogen-bond acceptors (Lipinski definition) is 2. The maximum atomic E-state index is 12.7. The Labute approximate surface area is 148 Å². The van der Waals surface area contributed by atoms with Gasteiger partial charge in [-0.15, -0.1) is 24.8 Å². The van der Waals surface area contributed by atoms with Crippen LogP contribution in [0.3, 0.4) is 0 Å². The van der Waals surface area contributed by atoms with E-state index in [2.05, 4.69) is 0 Å². The van der Waals surface area contributed by atoms with Crippen molar-refractivity contribution in [3.8, 4) is 0 Å². The molecule has 2 N–H and O–H groups in total. The van der Waals surface area contributed by atoms with Crippen LogP contribution in [0.4, 0.5) is 32.0 Å². The van der Waals surface area contributed by atoms with Gasteiger partial charge in [0.15, 0.2) is 0 Å². The van der Waals surface area contributed by atoms with Crippen LogP contribution < -0.4 is 10.6 Å². The van der Waals surface area contributed by atoms with E-state index in [0.29, 0.717) is 11.3 Å². The van der Waals surface area contributed by atoms with E-state index >= 15 is 0 Å². The van der Waals surface area contributed by atoms with Crippen LogP contribution in [0.15, 0.2) is 18.2 Å². The summed E-state index contributed by atoms with van der Waals surface area (Å²) in [6, 6.07) is 3.19. The number of alkyl halides is 6. The second-order valence-corrected chi connectivity index (χ2v) is 5.35. The molecule has 0 saturated carbocycles. The van der Waals surface area contributed by atoms with Crippen LogP contribution >= 0.6 is 24.8 Å². The van der Waals surface area contributed by atoms with Crippen molar-refractivity contribution in [2.45, 2.75) is 31.7 Å². The number of nitrogens with two attached hydrogens (primary N) is 1. The largest absolute Gasteiger partial charge is 0.416 e. The van der Waals surface area contributed by atoms with Crippen LogP contribution in [0.5, 0.6) is 0 Å². The lowest BCUT2D eigenvalue weighted by molar-refractivity contribution is -0.179. The lowest BCUT2D eigenvalue weighted by atomic mass is 9.95. The van der Waals surface area contributed by atoms with Gasteiger partial charge < -0.3 is 10.6 Å². The van der Waals surface area contributed by atoms with Gasteiger partial charge in [0.05, 0.1) is 11.5 Å². The Bertz CT molecular complexity index is 525. The number of benzene rings is 1. The van der Waals surface area contributed by atoms with Gasteiger partial charge in [0, 0.05) is 25.3 Å². The summed E-state index contributed by atoms with van der Waals surface area (Å²) in [5, 5.41) is 0. The molecule has 0 atom stereocenters. The smallest absolute Gasteiger partial charge is 0.371 e. The molecule has 0 bridgehead atoms. The van der Waals surface area contributed by atoms with Gasteiger partial charge in [-0.1, -0.05) is 0 Å². The molecule has 1 saturated heterocycles. The van der Waals surface area contributed by atoms with Crippen LogP contribution in [-0.4, -0.2) is 19.3 Å². The third kappa shape index (κ3) is 5.32. The lowest BCUT2D eigenvalue weighted by Crippen LogP contribution is -2.39. The fraction of sp³-hybridized carbons (Fsp3) is 0.571. The molecule has 1 aliphatic heterocycles. The monoisotopic (exact) mass is 398 g/mol. The molecule has 1 fully saturated rings. The minimum atomic E-state index is -4.47. The number of hydrogen-bond donors (Lipinski definition) is 1. The average Bonchev–Trinajstić information content (AvgIpc) is 2.45. The van der Waals surface area contributed by atoms with E-state index in [1.807, 2.05) is 0 Å². The minimum absolute atomic E-state index is 0. The van der Waals surface area contributed by atoms with Crippen molar-refractivity contribution in [3.05, 3.63) is 29.3 Å². The first-order valence-electron chi connectivity index (χ1n) is 6.84. The molecule has 2 rings (SSSR count). The van der Waals surface area contributed by atoms with Crippen molar-refractivity contribution in [2.24, 2.45) is 11.7 Å². The summed E-state index contributed by atoms with van der Waals surface area (Å²) in [6.45, 7) is 0.212. The Balaban J connectivity index is 0.00000264. The van der Waals surface area contributed by atoms with E-state index in [1.54, 1.807) is 4.90 Å². The Morgan fingerprint density at radius 2 is 1.54 bits per heavy atom. The maximum absolute atomic E-state index is 12.7. The van der Waals surface area contributed by atoms with Gasteiger partial charge in [-0.3, -0.25) is 0 Å². The highest BCUT2D eigenvalue weighted by Crippen LogP contribution is 2.37. The van der Waals surface area contributed by atoms with Crippen LogP contribution in [-0.2, 0) is 12.7 Å². The average molecular weight is 399 g/mol. The van der Waals surface area contributed by atoms with Gasteiger partial charge in [0.25, 0.3) is 0 Å². The zero-order valence-electron chi connectivity index (χ0n) is 12.5. The fourth-order valence-corrected chi connectivity index (χ4v) is 2.68. The topological polar surface area (TPSA) is 29.3 Å². The van der Waals surface area contributed by atoms with Gasteiger partial charge in [0.2, 0.25) is 0 Å². The zero-order chi connectivity index (χ0) is 16.5. The van der Waals surface area contributed by atoms with Crippen molar-refractivity contribution in [3.63, 3.8) is 0 Å². The van der Waals surface area contributed by atoms with Crippen LogP contribution in [0, 0.1) is 5.92 Å². The molecule has 0 aromatic heterocycles. The number of piperidine rings is 1. The van der Waals surface area contributed by atoms with Crippen LogP contribution in [0.1, 0.15) is 24.0 Å². The first-order valence-corrected chi connectivity index (χ1v) is 6.84. The summed E-state index contributed by atoms with van der Waals surface area (Å²) >= 11 is 0. The van der Waals surface area contributed by atoms with Gasteiger partial charge in [-0.05, 0) is 36.6 Å². The zero-order valence-corrected chi connectivity index (χ0v) is 14.1. The first-order chi connectivity index (χ1) is 10.1. The lowest BCUT2D eigenvalue weighted by Gasteiger charge is -2.35. The molecule has 0 aliphatic carbocycles. The first kappa shape index (κ1) is 23.1. The minimum Gasteiger partial charge on any atom is -0.371 e. The molecule has 1 aliphatic rings. The number of nitrogens with zero attached hydrogens (tertiary/aromatic N) is 1. The molecular formula is C14H18Cl2F6N2. The normalized spacial score (nSPS) is 16.4. The summed E-state index contributed by atoms with van der Waals surface area (Å²) in [6.07, 6.45) is -8.81. The van der Waals surface area contributed by atoms with E-state index in [4.69, 9.17) is 5.73 Å². The van der Waals surface area contributed by atoms with E-state index in [1.165, 1.54) is 6.07 Å². The van der Waals surface area contributed by atoms with Crippen LogP contribution in [0.25, 0.3) is 0 Å². The second-order valence-electron chi connectivity index (χ2n) is 5.35. The van der Waals surface area contributed by atoms with Gasteiger partial charge in [0.1, 0.15) is 0 Å². The quantitative estimate of drug-likeness (QED) is 0.725. The third-order valence-electron chi connectivity index (χ3n) is 3.93. The fourth-order valence-electron chi connectivity index (χ4n) is 2.68. The van der Waals surface area contributed by atoms with Crippen molar-refractivity contribution >= 4 is 30.5 Å². The Kier molecular flexibility index (Phi) is 8.18. The Morgan fingerprint density at radius 3 is 1.96 bits per heavy atom. The highest BCUT2D eigenvalue weighted by atomic mass is 35.5. The predicted molar refractivity (Wildman–Crippen MR) is 84.8 cm³/mol. The van der Waals surface area contributed by atoms with Gasteiger partial charge >= 0.3 is 12.4 Å². The highest BCUT2D eigenvalue weighted by molar-refractivity contribution is 5.85. The van der Waals surface area contributed by atoms with E-state index in [0.717, 1.165) is 12.1 Å². The molecule has 0 unspecified atom stereocenters. The molecule has 0 spiro atoms. The molecular weight excluding hydrogens is 381 g/mol. The second kappa shape index (κ2) is 8.49. The van der Waals surface area contributed by atoms with E-state index < -0.39 is 23.8 Å². The molecule has 0 amide bonds. The Morgan fingerprint density at radius 1 is 1.00 bits per heavy atom. The molecule has 10 heteroatoms. The maximum Gasteiger partial charge on any atom is 0.416 e. The van der Waals surface area contributed by atoms with Crippen molar-refractivity contribution in [1.29, 1.82) is 0 Å². The molecule has 2 nitrogen and oxygen atoms in total. The molecule has 0 radical (unpaired) electrons. The molecule has 1 aromatic carbocycles. The number of anilines is 1. The summed E-state index contributed by atoms with van der Waals surface area (Å²) in [4.78, 5) is 1.67. The summed E-state index contributed by atoms with van der Waals surface area (Å²) in [5.74, 6) is -1.35. The summed E-state index contributed by atoms with van der Waals surface area (Å²) < 4.78 is 76.0. The standard InChI is InChI=1S/C14H16F6N2.2ClH/c15-13(16,17)10-3-5-22(6-4-10)12-2-1-11(14(18,19)20)7-9(12)8-21;;/h1-2,7,10H,3-6,8,21H2;2*1H. The van der Waals surface area contributed by atoms with Crippen molar-refractivity contribution in [2.75, 3.05) is 18.0 Å².